The summed E-state index contributed by atoms with van der Waals surface area (Å²) in [6.07, 6.45) is 2.39. The van der Waals surface area contributed by atoms with Crippen LogP contribution in [0.1, 0.15) is 47.5 Å². The first-order chi connectivity index (χ1) is 9.02. The molecule has 0 saturated carbocycles. The summed E-state index contributed by atoms with van der Waals surface area (Å²) in [5.41, 5.74) is 1.12. The summed E-state index contributed by atoms with van der Waals surface area (Å²) >= 11 is 0. The third kappa shape index (κ3) is 6.00. The fraction of sp³-hybridized carbons (Fsp3) is 0.647. The van der Waals surface area contributed by atoms with Crippen LogP contribution < -0.4 is 10.1 Å². The van der Waals surface area contributed by atoms with E-state index in [1.807, 2.05) is 19.1 Å². The molecule has 0 aromatic heterocycles. The molecule has 1 N–H and O–H groups in total. The monoisotopic (exact) mass is 263 g/mol. The Hall–Kier alpha value is -1.18. The van der Waals surface area contributed by atoms with Crippen LogP contribution in [-0.4, -0.2) is 12.6 Å². The first-order valence-electron chi connectivity index (χ1n) is 7.51. The van der Waals surface area contributed by atoms with Gasteiger partial charge >= 0.3 is 0 Å². The molecule has 0 unspecified atom stereocenters. The van der Waals surface area contributed by atoms with Crippen LogP contribution in [0.4, 0.5) is 5.69 Å². The quantitative estimate of drug-likeness (QED) is 0.716. The molecule has 0 amide bonds. The first-order valence-corrected chi connectivity index (χ1v) is 7.51. The molecule has 0 fully saturated rings. The Labute approximate surface area is 118 Å². The van der Waals surface area contributed by atoms with E-state index in [1.54, 1.807) is 0 Å². The van der Waals surface area contributed by atoms with Gasteiger partial charge < -0.3 is 10.1 Å². The molecule has 0 bridgehead atoms. The summed E-state index contributed by atoms with van der Waals surface area (Å²) in [6.45, 7) is 11.9. The van der Waals surface area contributed by atoms with Crippen LogP contribution in [0.15, 0.2) is 24.3 Å². The number of benzene rings is 1. The standard InChI is InChI=1S/C17H29NO/c1-6-19-17-10-8-7-9-16(17)18-15(11-13(2)3)12-14(4)5/h7-10,13-15,18H,6,11-12H2,1-5H3. The number of anilines is 1. The zero-order chi connectivity index (χ0) is 14.3. The highest BCUT2D eigenvalue weighted by atomic mass is 16.5. The Morgan fingerprint density at radius 1 is 1.00 bits per heavy atom. The largest absolute Gasteiger partial charge is 0.492 e. The van der Waals surface area contributed by atoms with Crippen molar-refractivity contribution < 1.29 is 4.74 Å². The van der Waals surface area contributed by atoms with E-state index in [1.165, 1.54) is 12.8 Å². The van der Waals surface area contributed by atoms with Crippen molar-refractivity contribution in [2.75, 3.05) is 11.9 Å². The van der Waals surface area contributed by atoms with E-state index in [2.05, 4.69) is 45.1 Å². The van der Waals surface area contributed by atoms with Gasteiger partial charge in [0.05, 0.1) is 12.3 Å². The Balaban J connectivity index is 2.76. The van der Waals surface area contributed by atoms with Crippen molar-refractivity contribution in [3.05, 3.63) is 24.3 Å². The number of hydrogen-bond donors (Lipinski definition) is 1. The molecule has 1 aromatic carbocycles. The number of hydrogen-bond acceptors (Lipinski definition) is 2. The molecule has 0 saturated heterocycles. The molecule has 19 heavy (non-hydrogen) atoms. The van der Waals surface area contributed by atoms with Crippen molar-refractivity contribution >= 4 is 5.69 Å². The fourth-order valence-corrected chi connectivity index (χ4v) is 2.44. The lowest BCUT2D eigenvalue weighted by molar-refractivity contribution is 0.340. The average Bonchev–Trinajstić information content (AvgIpc) is 2.30. The molecular formula is C17H29NO. The van der Waals surface area contributed by atoms with Crippen molar-refractivity contribution in [1.29, 1.82) is 0 Å². The van der Waals surface area contributed by atoms with E-state index < -0.39 is 0 Å². The van der Waals surface area contributed by atoms with Gasteiger partial charge in [0.2, 0.25) is 0 Å². The first kappa shape index (κ1) is 15.9. The van der Waals surface area contributed by atoms with Gasteiger partial charge in [0.1, 0.15) is 5.75 Å². The number of nitrogens with one attached hydrogen (secondary N) is 1. The minimum Gasteiger partial charge on any atom is -0.492 e. The molecule has 1 rings (SSSR count). The van der Waals surface area contributed by atoms with E-state index in [0.29, 0.717) is 24.5 Å². The molecule has 0 radical (unpaired) electrons. The number of rotatable bonds is 8. The lowest BCUT2D eigenvalue weighted by Gasteiger charge is -2.24. The maximum atomic E-state index is 5.69. The third-order valence-corrected chi connectivity index (χ3v) is 3.06. The summed E-state index contributed by atoms with van der Waals surface area (Å²) < 4.78 is 5.69. The van der Waals surface area contributed by atoms with Crippen LogP contribution in [0.3, 0.4) is 0 Å². The van der Waals surface area contributed by atoms with Crippen LogP contribution in [0.5, 0.6) is 5.75 Å². The van der Waals surface area contributed by atoms with Crippen molar-refractivity contribution in [2.45, 2.75) is 53.5 Å². The Morgan fingerprint density at radius 2 is 1.58 bits per heavy atom. The highest BCUT2D eigenvalue weighted by molar-refractivity contribution is 5.56. The van der Waals surface area contributed by atoms with Crippen molar-refractivity contribution in [1.82, 2.24) is 0 Å². The lowest BCUT2D eigenvalue weighted by Crippen LogP contribution is -2.24. The van der Waals surface area contributed by atoms with Crippen LogP contribution in [-0.2, 0) is 0 Å². The van der Waals surface area contributed by atoms with Gasteiger partial charge in [-0.3, -0.25) is 0 Å². The van der Waals surface area contributed by atoms with Gasteiger partial charge in [-0.2, -0.15) is 0 Å². The molecule has 0 aliphatic rings. The van der Waals surface area contributed by atoms with Crippen molar-refractivity contribution in [3.8, 4) is 5.75 Å². The topological polar surface area (TPSA) is 21.3 Å². The zero-order valence-electron chi connectivity index (χ0n) is 13.1. The predicted octanol–water partition coefficient (Wildman–Crippen LogP) is 4.96. The molecule has 0 atom stereocenters. The lowest BCUT2D eigenvalue weighted by atomic mass is 9.95. The highest BCUT2D eigenvalue weighted by Gasteiger charge is 2.14. The summed E-state index contributed by atoms with van der Waals surface area (Å²) in [5.74, 6) is 2.37. The molecule has 2 heteroatoms. The van der Waals surface area contributed by atoms with Gasteiger partial charge in [0.25, 0.3) is 0 Å². The van der Waals surface area contributed by atoms with Crippen molar-refractivity contribution in [3.63, 3.8) is 0 Å². The fourth-order valence-electron chi connectivity index (χ4n) is 2.44. The molecule has 0 spiro atoms. The van der Waals surface area contributed by atoms with Crippen LogP contribution in [0, 0.1) is 11.8 Å². The van der Waals surface area contributed by atoms with Crippen molar-refractivity contribution in [2.24, 2.45) is 11.8 Å². The van der Waals surface area contributed by atoms with E-state index in [4.69, 9.17) is 4.74 Å². The second-order valence-corrected chi connectivity index (χ2v) is 6.03. The van der Waals surface area contributed by atoms with Crippen LogP contribution >= 0.6 is 0 Å². The van der Waals surface area contributed by atoms with E-state index >= 15 is 0 Å². The van der Waals surface area contributed by atoms with E-state index in [-0.39, 0.29) is 0 Å². The Morgan fingerprint density at radius 3 is 2.11 bits per heavy atom. The molecule has 0 heterocycles. The molecular weight excluding hydrogens is 234 g/mol. The summed E-state index contributed by atoms with van der Waals surface area (Å²) in [5, 5.41) is 3.67. The molecule has 0 aliphatic carbocycles. The summed E-state index contributed by atoms with van der Waals surface area (Å²) in [4.78, 5) is 0. The van der Waals surface area contributed by atoms with E-state index in [0.717, 1.165) is 11.4 Å². The summed E-state index contributed by atoms with van der Waals surface area (Å²) in [7, 11) is 0. The number of ether oxygens (including phenoxy) is 1. The molecule has 2 nitrogen and oxygen atoms in total. The molecule has 108 valence electrons. The third-order valence-electron chi connectivity index (χ3n) is 3.06. The molecule has 0 aliphatic heterocycles. The Bertz CT molecular complexity index is 350. The average molecular weight is 263 g/mol. The second kappa shape index (κ2) is 8.08. The molecule has 1 aromatic rings. The van der Waals surface area contributed by atoms with Gasteiger partial charge in [-0.15, -0.1) is 0 Å². The minimum absolute atomic E-state index is 0.515. The maximum Gasteiger partial charge on any atom is 0.142 e. The van der Waals surface area contributed by atoms with Gasteiger partial charge in [-0.25, -0.2) is 0 Å². The highest BCUT2D eigenvalue weighted by Crippen LogP contribution is 2.27. The minimum atomic E-state index is 0.515. The van der Waals surface area contributed by atoms with E-state index in [9.17, 15) is 0 Å². The number of para-hydroxylation sites is 2. The smallest absolute Gasteiger partial charge is 0.142 e. The van der Waals surface area contributed by atoms with Crippen LogP contribution in [0.25, 0.3) is 0 Å². The normalized spacial score (nSPS) is 11.4. The van der Waals surface area contributed by atoms with Gasteiger partial charge in [-0.05, 0) is 43.7 Å². The van der Waals surface area contributed by atoms with Gasteiger partial charge in [-0.1, -0.05) is 39.8 Å². The predicted molar refractivity (Wildman–Crippen MR) is 83.9 cm³/mol. The Kier molecular flexibility index (Phi) is 6.75. The summed E-state index contributed by atoms with van der Waals surface area (Å²) in [6, 6.07) is 8.75. The maximum absolute atomic E-state index is 5.69. The van der Waals surface area contributed by atoms with Crippen LogP contribution in [0.2, 0.25) is 0 Å². The SMILES string of the molecule is CCOc1ccccc1NC(CC(C)C)CC(C)C. The zero-order valence-corrected chi connectivity index (χ0v) is 13.1. The second-order valence-electron chi connectivity index (χ2n) is 6.03. The van der Waals surface area contributed by atoms with Gasteiger partial charge in [0.15, 0.2) is 0 Å². The van der Waals surface area contributed by atoms with Gasteiger partial charge in [0, 0.05) is 6.04 Å².